The van der Waals surface area contributed by atoms with Crippen LogP contribution >= 0.6 is 0 Å². The van der Waals surface area contributed by atoms with E-state index in [4.69, 9.17) is 5.73 Å². The number of nitrogens with zero attached hydrogens (tertiary/aromatic N) is 5. The number of urea groups is 1. The van der Waals surface area contributed by atoms with Crippen molar-refractivity contribution >= 4 is 23.7 Å². The molecule has 180 valence electrons. The molecule has 0 radical (unpaired) electrons. The van der Waals surface area contributed by atoms with Crippen LogP contribution in [0.15, 0.2) is 48.7 Å². The van der Waals surface area contributed by atoms with Crippen molar-refractivity contribution in [1.82, 2.24) is 25.1 Å². The second-order valence-corrected chi connectivity index (χ2v) is 9.26. The van der Waals surface area contributed by atoms with Gasteiger partial charge in [0.1, 0.15) is 5.82 Å². The molecule has 1 saturated carbocycles. The monoisotopic (exact) mass is 463 g/mol. The molecule has 2 heterocycles. The predicted octanol–water partition coefficient (Wildman–Crippen LogP) is 2.55. The molecule has 1 aromatic carbocycles. The number of nitrogens with one attached hydrogen (secondary N) is 1. The number of amides is 3. The number of fused-ring (bicyclic) bond motifs is 1. The molecule has 0 spiro atoms. The third-order valence-electron chi connectivity index (χ3n) is 6.24. The third-order valence-corrected chi connectivity index (χ3v) is 6.24. The SMILES string of the molecule is CN(C)C/C=C/C(=O)NC1CCCC(N2C(=O)N(Cc3ccccc3)Cc3cnc(N)nc32)C1. The number of nitrogen functional groups attached to an aromatic ring is 1. The standard InChI is InChI=1S/C25H33N7O2/c1-30(2)13-7-12-22(33)28-20-10-6-11-21(14-20)32-23-19(15-27-24(26)29-23)17-31(25(32)34)16-18-8-4-3-5-9-18/h3-5,7-9,12,15,20-21H,6,10-11,13-14,16-17H2,1-2H3,(H,28,33)(H2,26,27,29)/b12-7+. The fourth-order valence-electron chi connectivity index (χ4n) is 4.65. The number of benzene rings is 1. The number of carbonyl (C=O) groups is 2. The van der Waals surface area contributed by atoms with E-state index in [9.17, 15) is 9.59 Å². The molecule has 1 aromatic heterocycles. The highest BCUT2D eigenvalue weighted by atomic mass is 16.2. The summed E-state index contributed by atoms with van der Waals surface area (Å²) >= 11 is 0. The number of carbonyl (C=O) groups excluding carboxylic acids is 2. The highest BCUT2D eigenvalue weighted by molar-refractivity contribution is 5.94. The number of hydrogen-bond donors (Lipinski definition) is 2. The second kappa shape index (κ2) is 10.6. The fourth-order valence-corrected chi connectivity index (χ4v) is 4.65. The third kappa shape index (κ3) is 5.72. The van der Waals surface area contributed by atoms with Crippen molar-refractivity contribution in [2.45, 2.75) is 50.9 Å². The molecule has 2 aliphatic rings. The van der Waals surface area contributed by atoms with Crippen LogP contribution in [0, 0.1) is 0 Å². The van der Waals surface area contributed by atoms with E-state index in [2.05, 4.69) is 15.3 Å². The Kier molecular flexibility index (Phi) is 7.42. The topological polar surface area (TPSA) is 108 Å². The molecule has 34 heavy (non-hydrogen) atoms. The van der Waals surface area contributed by atoms with Crippen molar-refractivity contribution in [1.29, 1.82) is 0 Å². The van der Waals surface area contributed by atoms with Gasteiger partial charge >= 0.3 is 6.03 Å². The molecule has 9 heteroatoms. The Balaban J connectivity index is 1.52. The molecule has 1 aliphatic carbocycles. The normalized spacial score (nSPS) is 20.6. The van der Waals surface area contributed by atoms with Gasteiger partial charge in [0, 0.05) is 43.0 Å². The van der Waals surface area contributed by atoms with Gasteiger partial charge in [-0.25, -0.2) is 9.78 Å². The first-order valence-electron chi connectivity index (χ1n) is 11.8. The summed E-state index contributed by atoms with van der Waals surface area (Å²) in [5.41, 5.74) is 7.84. The van der Waals surface area contributed by atoms with Crippen LogP contribution in [0.1, 0.15) is 36.8 Å². The molecular formula is C25H33N7O2. The molecule has 3 amide bonds. The quantitative estimate of drug-likeness (QED) is 0.611. The largest absolute Gasteiger partial charge is 0.368 e. The van der Waals surface area contributed by atoms with Gasteiger partial charge in [-0.3, -0.25) is 9.69 Å². The number of rotatable bonds is 7. The zero-order chi connectivity index (χ0) is 24.1. The summed E-state index contributed by atoms with van der Waals surface area (Å²) in [7, 11) is 3.91. The van der Waals surface area contributed by atoms with Crippen LogP contribution in [0.3, 0.4) is 0 Å². The minimum atomic E-state index is -0.102. The van der Waals surface area contributed by atoms with E-state index in [1.165, 1.54) is 0 Å². The zero-order valence-electron chi connectivity index (χ0n) is 19.9. The van der Waals surface area contributed by atoms with E-state index in [0.717, 1.165) is 30.4 Å². The molecule has 0 bridgehead atoms. The van der Waals surface area contributed by atoms with E-state index in [0.29, 0.717) is 31.9 Å². The Morgan fingerprint density at radius 2 is 2.06 bits per heavy atom. The summed E-state index contributed by atoms with van der Waals surface area (Å²) < 4.78 is 0. The van der Waals surface area contributed by atoms with Crippen LogP contribution < -0.4 is 16.0 Å². The molecule has 1 aliphatic heterocycles. The Hall–Kier alpha value is -3.46. The maximum atomic E-state index is 13.7. The number of aromatic nitrogens is 2. The van der Waals surface area contributed by atoms with Crippen molar-refractivity contribution < 1.29 is 9.59 Å². The van der Waals surface area contributed by atoms with E-state index in [-0.39, 0.29) is 30.0 Å². The van der Waals surface area contributed by atoms with Gasteiger partial charge in [-0.2, -0.15) is 4.98 Å². The molecular weight excluding hydrogens is 430 g/mol. The Bertz CT molecular complexity index is 1040. The van der Waals surface area contributed by atoms with Crippen molar-refractivity contribution in [3.63, 3.8) is 0 Å². The van der Waals surface area contributed by atoms with Gasteiger partial charge in [0.15, 0.2) is 0 Å². The Morgan fingerprint density at radius 3 is 2.82 bits per heavy atom. The Morgan fingerprint density at radius 1 is 1.26 bits per heavy atom. The minimum Gasteiger partial charge on any atom is -0.368 e. The van der Waals surface area contributed by atoms with E-state index >= 15 is 0 Å². The fraction of sp³-hybridized carbons (Fsp3) is 0.440. The first kappa shape index (κ1) is 23.7. The van der Waals surface area contributed by atoms with Crippen molar-refractivity contribution in [2.75, 3.05) is 31.3 Å². The first-order chi connectivity index (χ1) is 16.4. The van der Waals surface area contributed by atoms with Crippen LogP contribution in [0.5, 0.6) is 0 Å². The highest BCUT2D eigenvalue weighted by Gasteiger charge is 2.39. The number of likely N-dealkylation sites (N-methyl/N-ethyl adjacent to an activating group) is 1. The molecule has 2 aromatic rings. The van der Waals surface area contributed by atoms with Crippen LogP contribution in [-0.4, -0.2) is 64.4 Å². The van der Waals surface area contributed by atoms with Crippen LogP contribution in [-0.2, 0) is 17.9 Å². The maximum Gasteiger partial charge on any atom is 0.326 e. The van der Waals surface area contributed by atoms with E-state index in [1.54, 1.807) is 17.2 Å². The number of nitrogens with two attached hydrogens (primary N) is 1. The average Bonchev–Trinajstić information content (AvgIpc) is 2.80. The minimum absolute atomic E-state index is 0.00445. The Labute approximate surface area is 200 Å². The van der Waals surface area contributed by atoms with Crippen molar-refractivity contribution in [2.24, 2.45) is 0 Å². The summed E-state index contributed by atoms with van der Waals surface area (Å²) in [6, 6.07) is 9.77. The van der Waals surface area contributed by atoms with Crippen LogP contribution in [0.2, 0.25) is 0 Å². The molecule has 2 unspecified atom stereocenters. The van der Waals surface area contributed by atoms with Gasteiger partial charge in [0.2, 0.25) is 11.9 Å². The predicted molar refractivity (Wildman–Crippen MR) is 132 cm³/mol. The van der Waals surface area contributed by atoms with Crippen LogP contribution in [0.4, 0.5) is 16.6 Å². The van der Waals surface area contributed by atoms with Gasteiger partial charge in [-0.15, -0.1) is 0 Å². The van der Waals surface area contributed by atoms with Gasteiger partial charge in [-0.05, 0) is 45.3 Å². The molecule has 2 atom stereocenters. The van der Waals surface area contributed by atoms with E-state index in [1.807, 2.05) is 60.3 Å². The lowest BCUT2D eigenvalue weighted by atomic mass is 9.89. The van der Waals surface area contributed by atoms with Gasteiger partial charge < -0.3 is 20.9 Å². The molecule has 1 fully saturated rings. The summed E-state index contributed by atoms with van der Waals surface area (Å²) in [5.74, 6) is 0.638. The van der Waals surface area contributed by atoms with Crippen LogP contribution in [0.25, 0.3) is 0 Å². The van der Waals surface area contributed by atoms with Gasteiger partial charge in [-0.1, -0.05) is 36.4 Å². The molecule has 4 rings (SSSR count). The summed E-state index contributed by atoms with van der Waals surface area (Å²) in [6.45, 7) is 1.64. The molecule has 0 saturated heterocycles. The van der Waals surface area contributed by atoms with E-state index < -0.39 is 0 Å². The number of anilines is 2. The highest BCUT2D eigenvalue weighted by Crippen LogP contribution is 2.34. The molecule has 3 N–H and O–H groups in total. The average molecular weight is 464 g/mol. The summed E-state index contributed by atoms with van der Waals surface area (Å²) in [6.07, 6.45) is 8.46. The lowest BCUT2D eigenvalue weighted by molar-refractivity contribution is -0.117. The van der Waals surface area contributed by atoms with Gasteiger partial charge in [0.05, 0.1) is 6.54 Å². The van der Waals surface area contributed by atoms with Gasteiger partial charge in [0.25, 0.3) is 0 Å². The zero-order valence-corrected chi connectivity index (χ0v) is 19.9. The van der Waals surface area contributed by atoms with Crippen molar-refractivity contribution in [3.05, 3.63) is 59.8 Å². The molecule has 9 nitrogen and oxygen atoms in total. The second-order valence-electron chi connectivity index (χ2n) is 9.26. The first-order valence-corrected chi connectivity index (χ1v) is 11.8. The summed E-state index contributed by atoms with van der Waals surface area (Å²) in [4.78, 5) is 40.3. The lowest BCUT2D eigenvalue weighted by Gasteiger charge is -2.43. The number of hydrogen-bond acceptors (Lipinski definition) is 6. The lowest BCUT2D eigenvalue weighted by Crippen LogP contribution is -2.54. The smallest absolute Gasteiger partial charge is 0.326 e. The maximum absolute atomic E-state index is 13.7. The summed E-state index contributed by atoms with van der Waals surface area (Å²) in [5, 5.41) is 3.11. The van der Waals surface area contributed by atoms with Crippen molar-refractivity contribution in [3.8, 4) is 0 Å².